The first-order chi connectivity index (χ1) is 14.7. The molecular formula is C23H29N5O2. The van der Waals surface area contributed by atoms with Crippen molar-refractivity contribution in [2.24, 2.45) is 0 Å². The zero-order valence-electron chi connectivity index (χ0n) is 17.3. The van der Waals surface area contributed by atoms with E-state index < -0.39 is 6.09 Å². The lowest BCUT2D eigenvalue weighted by molar-refractivity contribution is -0.0996. The Kier molecular flexibility index (Phi) is 5.55. The van der Waals surface area contributed by atoms with E-state index in [4.69, 9.17) is 4.84 Å². The van der Waals surface area contributed by atoms with Crippen molar-refractivity contribution >= 4 is 17.6 Å². The third kappa shape index (κ3) is 4.27. The van der Waals surface area contributed by atoms with Gasteiger partial charge in [-0.1, -0.05) is 37.1 Å². The van der Waals surface area contributed by atoms with Gasteiger partial charge in [-0.15, -0.1) is 5.06 Å². The summed E-state index contributed by atoms with van der Waals surface area (Å²) in [6, 6.07) is 12.7. The van der Waals surface area contributed by atoms with Crippen molar-refractivity contribution in [1.29, 1.82) is 0 Å². The standard InChI is InChI=1S/C23H29N5O2/c29-23(30-28-16-18-5-1-2-6-19(18)17-28)25-20-9-10-24-22(15-20)27-13-11-26(12-14-27)21-7-3-4-8-21/h1-2,5-6,9-10,15,21H,3-4,7-8,11-14,16-17H2,(H,24,25,29). The highest BCUT2D eigenvalue weighted by Crippen LogP contribution is 2.26. The Bertz CT molecular complexity index is 866. The normalized spacial score (nSPS) is 20.3. The summed E-state index contributed by atoms with van der Waals surface area (Å²) in [5.74, 6) is 0.910. The molecule has 1 amide bonds. The number of carbonyl (C=O) groups excluding carboxylic acids is 1. The van der Waals surface area contributed by atoms with E-state index in [1.807, 2.05) is 18.2 Å². The van der Waals surface area contributed by atoms with E-state index in [1.165, 1.54) is 36.8 Å². The smallest absolute Gasteiger partial charge is 0.354 e. The van der Waals surface area contributed by atoms with Crippen LogP contribution in [-0.4, -0.2) is 53.3 Å². The van der Waals surface area contributed by atoms with Crippen molar-refractivity contribution in [3.05, 3.63) is 53.7 Å². The minimum absolute atomic E-state index is 0.467. The Balaban J connectivity index is 1.14. The summed E-state index contributed by atoms with van der Waals surface area (Å²) < 4.78 is 0. The molecule has 5 rings (SSSR count). The van der Waals surface area contributed by atoms with E-state index in [1.54, 1.807) is 17.3 Å². The molecule has 1 saturated heterocycles. The van der Waals surface area contributed by atoms with E-state index in [9.17, 15) is 4.79 Å². The number of nitrogens with zero attached hydrogens (tertiary/aromatic N) is 4. The topological polar surface area (TPSA) is 60.9 Å². The van der Waals surface area contributed by atoms with Gasteiger partial charge in [-0.3, -0.25) is 10.2 Å². The summed E-state index contributed by atoms with van der Waals surface area (Å²) in [6.07, 6.45) is 6.73. The molecule has 1 aliphatic carbocycles. The monoisotopic (exact) mass is 407 g/mol. The predicted octanol–water partition coefficient (Wildman–Crippen LogP) is 3.63. The molecule has 1 N–H and O–H groups in total. The van der Waals surface area contributed by atoms with Gasteiger partial charge in [0.25, 0.3) is 0 Å². The van der Waals surface area contributed by atoms with Crippen LogP contribution in [0.2, 0.25) is 0 Å². The first-order valence-corrected chi connectivity index (χ1v) is 11.0. The van der Waals surface area contributed by atoms with E-state index in [-0.39, 0.29) is 0 Å². The number of aromatic nitrogens is 1. The molecule has 2 aromatic rings. The second-order valence-corrected chi connectivity index (χ2v) is 8.43. The zero-order valence-corrected chi connectivity index (χ0v) is 17.3. The van der Waals surface area contributed by atoms with Gasteiger partial charge in [0.2, 0.25) is 0 Å². The summed E-state index contributed by atoms with van der Waals surface area (Å²) in [5.41, 5.74) is 3.11. The maximum atomic E-state index is 12.4. The summed E-state index contributed by atoms with van der Waals surface area (Å²) in [6.45, 7) is 5.36. The number of hydrogen-bond acceptors (Lipinski definition) is 6. The Morgan fingerprint density at radius 3 is 2.40 bits per heavy atom. The van der Waals surface area contributed by atoms with Crippen LogP contribution < -0.4 is 10.2 Å². The van der Waals surface area contributed by atoms with Crippen LogP contribution in [0.25, 0.3) is 0 Å². The van der Waals surface area contributed by atoms with Gasteiger partial charge < -0.3 is 9.74 Å². The molecule has 0 spiro atoms. The number of piperazine rings is 1. The average molecular weight is 408 g/mol. The summed E-state index contributed by atoms with van der Waals surface area (Å²) in [4.78, 5) is 27.3. The average Bonchev–Trinajstić information content (AvgIpc) is 3.43. The number of rotatable bonds is 4. The van der Waals surface area contributed by atoms with Gasteiger partial charge in [0.15, 0.2) is 0 Å². The largest absolute Gasteiger partial charge is 0.430 e. The molecule has 2 fully saturated rings. The number of pyridine rings is 1. The molecule has 0 unspecified atom stereocenters. The second-order valence-electron chi connectivity index (χ2n) is 8.43. The maximum Gasteiger partial charge on any atom is 0.430 e. The van der Waals surface area contributed by atoms with Crippen LogP contribution in [0.5, 0.6) is 0 Å². The number of hydrogen-bond donors (Lipinski definition) is 1. The highest BCUT2D eigenvalue weighted by molar-refractivity contribution is 5.84. The number of fused-ring (bicyclic) bond motifs is 1. The van der Waals surface area contributed by atoms with Crippen LogP contribution in [0.3, 0.4) is 0 Å². The van der Waals surface area contributed by atoms with E-state index in [0.29, 0.717) is 18.8 Å². The van der Waals surface area contributed by atoms with Crippen molar-refractivity contribution in [2.75, 3.05) is 36.4 Å². The molecule has 158 valence electrons. The Morgan fingerprint density at radius 2 is 1.70 bits per heavy atom. The highest BCUT2D eigenvalue weighted by atomic mass is 16.7. The van der Waals surface area contributed by atoms with Crippen molar-refractivity contribution in [3.8, 4) is 0 Å². The first kappa shape index (κ1) is 19.3. The number of nitrogens with one attached hydrogen (secondary N) is 1. The molecule has 1 saturated carbocycles. The van der Waals surface area contributed by atoms with Crippen LogP contribution in [0.15, 0.2) is 42.6 Å². The fourth-order valence-electron chi connectivity index (χ4n) is 4.88. The fourth-order valence-corrected chi connectivity index (χ4v) is 4.88. The molecular weight excluding hydrogens is 378 g/mol. The minimum Gasteiger partial charge on any atom is -0.354 e. The second kappa shape index (κ2) is 8.62. The van der Waals surface area contributed by atoms with Crippen LogP contribution in [-0.2, 0) is 17.9 Å². The maximum absolute atomic E-state index is 12.4. The van der Waals surface area contributed by atoms with Crippen LogP contribution in [0, 0.1) is 0 Å². The quantitative estimate of drug-likeness (QED) is 0.835. The molecule has 1 aromatic heterocycles. The lowest BCUT2D eigenvalue weighted by Gasteiger charge is -2.38. The molecule has 0 bridgehead atoms. The Hall–Kier alpha value is -2.64. The van der Waals surface area contributed by atoms with Crippen molar-refractivity contribution in [1.82, 2.24) is 14.9 Å². The van der Waals surface area contributed by atoms with E-state index >= 15 is 0 Å². The van der Waals surface area contributed by atoms with Crippen LogP contribution in [0.4, 0.5) is 16.3 Å². The zero-order chi connectivity index (χ0) is 20.3. The predicted molar refractivity (Wildman–Crippen MR) is 116 cm³/mol. The van der Waals surface area contributed by atoms with Gasteiger partial charge in [0.1, 0.15) is 5.82 Å². The van der Waals surface area contributed by atoms with Crippen molar-refractivity contribution < 1.29 is 9.63 Å². The molecule has 2 aliphatic heterocycles. The van der Waals surface area contributed by atoms with Gasteiger partial charge in [0.05, 0.1) is 13.1 Å². The molecule has 3 heterocycles. The summed E-state index contributed by atoms with van der Waals surface area (Å²) >= 11 is 0. The van der Waals surface area contributed by atoms with Gasteiger partial charge in [-0.2, -0.15) is 0 Å². The number of carbonyl (C=O) groups is 1. The van der Waals surface area contributed by atoms with Crippen LogP contribution >= 0.6 is 0 Å². The van der Waals surface area contributed by atoms with Crippen molar-refractivity contribution in [2.45, 2.75) is 44.8 Å². The number of benzene rings is 1. The third-order valence-electron chi connectivity index (χ3n) is 6.50. The lowest BCUT2D eigenvalue weighted by atomic mass is 10.1. The van der Waals surface area contributed by atoms with E-state index in [0.717, 1.165) is 38.0 Å². The molecule has 0 radical (unpaired) electrons. The van der Waals surface area contributed by atoms with Gasteiger partial charge in [-0.25, -0.2) is 9.78 Å². The Morgan fingerprint density at radius 1 is 1.00 bits per heavy atom. The van der Waals surface area contributed by atoms with E-state index in [2.05, 4.69) is 32.2 Å². The van der Waals surface area contributed by atoms with Gasteiger partial charge in [-0.05, 0) is 30.0 Å². The number of anilines is 2. The first-order valence-electron chi connectivity index (χ1n) is 11.0. The van der Waals surface area contributed by atoms with Crippen molar-refractivity contribution in [3.63, 3.8) is 0 Å². The Labute approximate surface area is 177 Å². The fraction of sp³-hybridized carbons (Fsp3) is 0.478. The summed E-state index contributed by atoms with van der Waals surface area (Å²) in [7, 11) is 0. The minimum atomic E-state index is -0.467. The van der Waals surface area contributed by atoms with Crippen LogP contribution in [0.1, 0.15) is 36.8 Å². The molecule has 7 heteroatoms. The molecule has 3 aliphatic rings. The van der Waals surface area contributed by atoms with Gasteiger partial charge >= 0.3 is 6.09 Å². The molecule has 0 atom stereocenters. The lowest BCUT2D eigenvalue weighted by Crippen LogP contribution is -2.50. The molecule has 30 heavy (non-hydrogen) atoms. The van der Waals surface area contributed by atoms with Gasteiger partial charge in [0, 0.05) is 50.2 Å². The summed E-state index contributed by atoms with van der Waals surface area (Å²) in [5, 5.41) is 4.53. The molecule has 1 aromatic carbocycles. The third-order valence-corrected chi connectivity index (χ3v) is 6.50. The molecule has 7 nitrogen and oxygen atoms in total. The number of amides is 1. The number of hydroxylamine groups is 2. The SMILES string of the molecule is O=C(Nc1ccnc(N2CCN(C3CCCC3)CC2)c1)ON1Cc2ccccc2C1. The highest BCUT2D eigenvalue weighted by Gasteiger charge is 2.27.